The summed E-state index contributed by atoms with van der Waals surface area (Å²) in [7, 11) is 3.37. The zero-order valence-electron chi connectivity index (χ0n) is 9.99. The van der Waals surface area contributed by atoms with Crippen molar-refractivity contribution in [3.8, 4) is 0 Å². The van der Waals surface area contributed by atoms with Gasteiger partial charge in [-0.05, 0) is 18.6 Å². The van der Waals surface area contributed by atoms with Crippen molar-refractivity contribution in [2.24, 2.45) is 0 Å². The smallest absolute Gasteiger partial charge is 0.169 e. The van der Waals surface area contributed by atoms with Crippen molar-refractivity contribution < 1.29 is 9.47 Å². The van der Waals surface area contributed by atoms with Crippen LogP contribution >= 0.6 is 11.8 Å². The molecule has 0 unspecified atom stereocenters. The summed E-state index contributed by atoms with van der Waals surface area (Å²) in [5.41, 5.74) is 0. The van der Waals surface area contributed by atoms with Crippen molar-refractivity contribution in [3.05, 3.63) is 0 Å². The molecule has 90 valence electrons. The van der Waals surface area contributed by atoms with E-state index < -0.39 is 0 Å². The van der Waals surface area contributed by atoms with Gasteiger partial charge in [0.25, 0.3) is 0 Å². The van der Waals surface area contributed by atoms with Crippen molar-refractivity contribution >= 4 is 11.8 Å². The van der Waals surface area contributed by atoms with Crippen molar-refractivity contribution in [3.63, 3.8) is 0 Å². The van der Waals surface area contributed by atoms with Gasteiger partial charge in [-0.1, -0.05) is 13.3 Å². The molecule has 0 bridgehead atoms. The van der Waals surface area contributed by atoms with Gasteiger partial charge in [0.15, 0.2) is 6.29 Å². The minimum atomic E-state index is -0.113. The summed E-state index contributed by atoms with van der Waals surface area (Å²) in [6, 6.07) is 0.641. The van der Waals surface area contributed by atoms with Gasteiger partial charge in [0.05, 0.1) is 0 Å². The van der Waals surface area contributed by atoms with E-state index in [4.69, 9.17) is 9.47 Å². The minimum Gasteiger partial charge on any atom is -0.355 e. The highest BCUT2D eigenvalue weighted by molar-refractivity contribution is 7.99. The molecule has 0 saturated heterocycles. The molecular formula is C11H23NO2S. The first kappa shape index (κ1) is 13.3. The monoisotopic (exact) mass is 233 g/mol. The average molecular weight is 233 g/mol. The van der Waals surface area contributed by atoms with Gasteiger partial charge in [-0.15, -0.1) is 0 Å². The predicted octanol–water partition coefficient (Wildman–Crippen LogP) is 1.87. The lowest BCUT2D eigenvalue weighted by atomic mass is 10.2. The normalized spacial score (nSPS) is 26.4. The Hall–Kier alpha value is 0.230. The van der Waals surface area contributed by atoms with Crippen LogP contribution in [0.2, 0.25) is 0 Å². The van der Waals surface area contributed by atoms with Gasteiger partial charge in [0.2, 0.25) is 0 Å². The van der Waals surface area contributed by atoms with Crippen LogP contribution in [-0.2, 0) is 9.47 Å². The van der Waals surface area contributed by atoms with Crippen LogP contribution in [0.15, 0.2) is 0 Å². The summed E-state index contributed by atoms with van der Waals surface area (Å²) in [5.74, 6) is 1.21. The standard InChI is InChI=1S/C11H23NO2S/c1-4-15-10-7-5-6-9(10)12-8-11(13-2)14-3/h9-12H,4-8H2,1-3H3/t9-,10+/m0/s1. The number of hydrogen-bond acceptors (Lipinski definition) is 4. The molecule has 1 N–H and O–H groups in total. The lowest BCUT2D eigenvalue weighted by molar-refractivity contribution is -0.0997. The van der Waals surface area contributed by atoms with Crippen LogP contribution in [0.1, 0.15) is 26.2 Å². The first-order chi connectivity index (χ1) is 7.31. The van der Waals surface area contributed by atoms with Gasteiger partial charge < -0.3 is 14.8 Å². The first-order valence-corrected chi connectivity index (χ1v) is 6.77. The van der Waals surface area contributed by atoms with Gasteiger partial charge in [-0.3, -0.25) is 0 Å². The molecule has 1 aliphatic carbocycles. The van der Waals surface area contributed by atoms with Gasteiger partial charge in [-0.2, -0.15) is 11.8 Å². The molecule has 0 amide bonds. The molecule has 0 aliphatic heterocycles. The highest BCUT2D eigenvalue weighted by atomic mass is 32.2. The second kappa shape index (κ2) is 7.49. The van der Waals surface area contributed by atoms with Crippen LogP contribution in [0, 0.1) is 0 Å². The van der Waals surface area contributed by atoms with Crippen LogP contribution in [0.3, 0.4) is 0 Å². The Morgan fingerprint density at radius 3 is 2.67 bits per heavy atom. The SMILES string of the molecule is CCS[C@@H]1CCC[C@@H]1NCC(OC)OC. The largest absolute Gasteiger partial charge is 0.355 e. The maximum Gasteiger partial charge on any atom is 0.169 e. The maximum absolute atomic E-state index is 5.16. The molecular weight excluding hydrogens is 210 g/mol. The topological polar surface area (TPSA) is 30.5 Å². The Balaban J connectivity index is 2.24. The van der Waals surface area contributed by atoms with Gasteiger partial charge >= 0.3 is 0 Å². The summed E-state index contributed by atoms with van der Waals surface area (Å²) >= 11 is 2.07. The lowest BCUT2D eigenvalue weighted by Gasteiger charge is -2.22. The van der Waals surface area contributed by atoms with E-state index in [0.29, 0.717) is 6.04 Å². The molecule has 0 radical (unpaired) electrons. The van der Waals surface area contributed by atoms with Crippen molar-refractivity contribution in [1.29, 1.82) is 0 Å². The molecule has 3 nitrogen and oxygen atoms in total. The van der Waals surface area contributed by atoms with Crippen molar-refractivity contribution in [2.75, 3.05) is 26.5 Å². The fourth-order valence-electron chi connectivity index (χ4n) is 2.08. The third kappa shape index (κ3) is 4.31. The predicted molar refractivity (Wildman–Crippen MR) is 65.4 cm³/mol. The van der Waals surface area contributed by atoms with Crippen LogP contribution in [0.25, 0.3) is 0 Å². The molecule has 0 aromatic heterocycles. The third-order valence-electron chi connectivity index (χ3n) is 2.91. The van der Waals surface area contributed by atoms with Gasteiger partial charge in [0, 0.05) is 32.1 Å². The van der Waals surface area contributed by atoms with E-state index in [-0.39, 0.29) is 6.29 Å². The molecule has 0 spiro atoms. The molecule has 15 heavy (non-hydrogen) atoms. The van der Waals surface area contributed by atoms with Crippen molar-refractivity contribution in [2.45, 2.75) is 43.8 Å². The van der Waals surface area contributed by atoms with E-state index in [1.165, 1.54) is 25.0 Å². The Kier molecular flexibility index (Phi) is 6.64. The van der Waals surface area contributed by atoms with Gasteiger partial charge in [-0.25, -0.2) is 0 Å². The molecule has 1 fully saturated rings. The van der Waals surface area contributed by atoms with E-state index in [9.17, 15) is 0 Å². The Labute approximate surface area is 97.3 Å². The van der Waals surface area contributed by atoms with Gasteiger partial charge in [0.1, 0.15) is 0 Å². The van der Waals surface area contributed by atoms with E-state index in [2.05, 4.69) is 24.0 Å². The fourth-order valence-corrected chi connectivity index (χ4v) is 3.31. The molecule has 2 atom stereocenters. The Morgan fingerprint density at radius 1 is 1.33 bits per heavy atom. The summed E-state index contributed by atoms with van der Waals surface area (Å²) < 4.78 is 10.3. The molecule has 1 aliphatic rings. The summed E-state index contributed by atoms with van der Waals surface area (Å²) in [6.07, 6.45) is 3.87. The second-order valence-corrected chi connectivity index (χ2v) is 5.36. The number of hydrogen-bond donors (Lipinski definition) is 1. The minimum absolute atomic E-state index is 0.113. The number of methoxy groups -OCH3 is 2. The Bertz CT molecular complexity index is 165. The Morgan fingerprint density at radius 2 is 2.07 bits per heavy atom. The summed E-state index contributed by atoms with van der Waals surface area (Å²) in [4.78, 5) is 0. The molecule has 0 heterocycles. The van der Waals surface area contributed by atoms with Crippen LogP contribution in [0.4, 0.5) is 0 Å². The molecule has 0 aromatic carbocycles. The zero-order valence-corrected chi connectivity index (χ0v) is 10.8. The molecule has 1 saturated carbocycles. The second-order valence-electron chi connectivity index (χ2n) is 3.84. The maximum atomic E-state index is 5.16. The highest BCUT2D eigenvalue weighted by Crippen LogP contribution is 2.29. The zero-order chi connectivity index (χ0) is 11.1. The number of rotatable bonds is 7. The number of ether oxygens (including phenoxy) is 2. The molecule has 0 aromatic rings. The molecule has 1 rings (SSSR count). The van der Waals surface area contributed by atoms with E-state index in [1.54, 1.807) is 14.2 Å². The van der Waals surface area contributed by atoms with Crippen molar-refractivity contribution in [1.82, 2.24) is 5.32 Å². The van der Waals surface area contributed by atoms with Crippen LogP contribution < -0.4 is 5.32 Å². The fraction of sp³-hybridized carbons (Fsp3) is 1.00. The van der Waals surface area contributed by atoms with E-state index in [0.717, 1.165) is 11.8 Å². The molecule has 4 heteroatoms. The quantitative estimate of drug-likeness (QED) is 0.680. The summed E-state index contributed by atoms with van der Waals surface area (Å²) in [6.45, 7) is 3.02. The average Bonchev–Trinajstić information content (AvgIpc) is 2.68. The van der Waals surface area contributed by atoms with Crippen LogP contribution in [0.5, 0.6) is 0 Å². The van der Waals surface area contributed by atoms with Crippen LogP contribution in [-0.4, -0.2) is 44.1 Å². The number of nitrogens with one attached hydrogen (secondary N) is 1. The first-order valence-electron chi connectivity index (χ1n) is 5.72. The lowest BCUT2D eigenvalue weighted by Crippen LogP contribution is -2.40. The highest BCUT2D eigenvalue weighted by Gasteiger charge is 2.27. The van der Waals surface area contributed by atoms with E-state index >= 15 is 0 Å². The van der Waals surface area contributed by atoms with E-state index in [1.807, 2.05) is 0 Å². The number of thioether (sulfide) groups is 1. The third-order valence-corrected chi connectivity index (χ3v) is 4.23. The summed E-state index contributed by atoms with van der Waals surface area (Å²) in [5, 5.41) is 4.33.